The second-order valence-corrected chi connectivity index (χ2v) is 7.37. The molecule has 0 spiro atoms. The third-order valence-electron chi connectivity index (χ3n) is 5.25. The Bertz CT molecular complexity index is 470. The zero-order valence-corrected chi connectivity index (χ0v) is 14.9. The molecule has 2 rings (SSSR count). The molecule has 1 N–H and O–H groups in total. The first-order valence-corrected chi connectivity index (χ1v) is 9.21. The fourth-order valence-corrected chi connectivity index (χ4v) is 3.83. The second kappa shape index (κ2) is 8.49. The summed E-state index contributed by atoms with van der Waals surface area (Å²) in [5.41, 5.74) is 0. The maximum absolute atomic E-state index is 12.9. The van der Waals surface area contributed by atoms with Gasteiger partial charge in [-0.15, -0.1) is 0 Å². The van der Waals surface area contributed by atoms with Crippen molar-refractivity contribution >= 4 is 17.8 Å². The molecule has 6 nitrogen and oxygen atoms in total. The van der Waals surface area contributed by atoms with Crippen molar-refractivity contribution in [1.29, 1.82) is 0 Å². The zero-order valence-electron chi connectivity index (χ0n) is 14.9. The Kier molecular flexibility index (Phi) is 6.63. The minimum atomic E-state index is -0.798. The van der Waals surface area contributed by atoms with Crippen LogP contribution in [0.25, 0.3) is 0 Å². The van der Waals surface area contributed by atoms with Gasteiger partial charge in [-0.2, -0.15) is 0 Å². The van der Waals surface area contributed by atoms with Crippen molar-refractivity contribution in [2.75, 3.05) is 19.6 Å². The Labute approximate surface area is 144 Å². The molecule has 0 aromatic heterocycles. The van der Waals surface area contributed by atoms with E-state index < -0.39 is 5.97 Å². The van der Waals surface area contributed by atoms with Crippen LogP contribution in [-0.4, -0.2) is 58.4 Å². The molecule has 6 heteroatoms. The van der Waals surface area contributed by atoms with Crippen LogP contribution in [0.1, 0.15) is 58.8 Å². The van der Waals surface area contributed by atoms with E-state index in [9.17, 15) is 14.4 Å². The summed E-state index contributed by atoms with van der Waals surface area (Å²) < 4.78 is 0. The van der Waals surface area contributed by atoms with E-state index in [-0.39, 0.29) is 36.1 Å². The van der Waals surface area contributed by atoms with Crippen LogP contribution < -0.4 is 0 Å². The van der Waals surface area contributed by atoms with Crippen LogP contribution in [0.15, 0.2) is 0 Å². The molecule has 0 bridgehead atoms. The number of piperidine rings is 2. The lowest BCUT2D eigenvalue weighted by molar-refractivity contribution is -0.145. The summed E-state index contributed by atoms with van der Waals surface area (Å²) in [6.45, 7) is 5.86. The Morgan fingerprint density at radius 3 is 2.29 bits per heavy atom. The molecule has 2 aliphatic heterocycles. The largest absolute Gasteiger partial charge is 0.481 e. The fraction of sp³-hybridized carbons (Fsp3) is 0.833. The average Bonchev–Trinajstić information content (AvgIpc) is 2.59. The summed E-state index contributed by atoms with van der Waals surface area (Å²) in [6, 6.07) is 0.0673. The van der Waals surface area contributed by atoms with Gasteiger partial charge in [0.15, 0.2) is 0 Å². The molecular formula is C18H30N2O4. The standard InChI is InChI=1S/C18H30N2O4/c1-13(2)17(23)19-11-8-14(9-12-19)18(24)20-10-4-3-5-15(20)6-7-16(21)22/h13-15H,3-12H2,1-2H3,(H,21,22). The second-order valence-electron chi connectivity index (χ2n) is 7.37. The molecule has 0 aromatic carbocycles. The van der Waals surface area contributed by atoms with E-state index in [1.54, 1.807) is 0 Å². The smallest absolute Gasteiger partial charge is 0.303 e. The highest BCUT2D eigenvalue weighted by molar-refractivity contribution is 5.81. The molecule has 1 atom stereocenters. The van der Waals surface area contributed by atoms with Crippen LogP contribution in [0.5, 0.6) is 0 Å². The van der Waals surface area contributed by atoms with E-state index in [0.29, 0.717) is 19.5 Å². The SMILES string of the molecule is CC(C)C(=O)N1CCC(C(=O)N2CCCCC2CCC(=O)O)CC1. The van der Waals surface area contributed by atoms with E-state index in [4.69, 9.17) is 5.11 Å². The predicted octanol–water partition coefficient (Wildman–Crippen LogP) is 2.13. The third-order valence-corrected chi connectivity index (χ3v) is 5.25. The Hall–Kier alpha value is -1.59. The Morgan fingerprint density at radius 2 is 1.71 bits per heavy atom. The highest BCUT2D eigenvalue weighted by Crippen LogP contribution is 2.27. The number of hydrogen-bond acceptors (Lipinski definition) is 3. The van der Waals surface area contributed by atoms with E-state index in [1.807, 2.05) is 23.6 Å². The molecule has 0 aliphatic carbocycles. The van der Waals surface area contributed by atoms with E-state index >= 15 is 0 Å². The molecule has 2 aliphatic rings. The number of aliphatic carboxylic acids is 1. The number of amides is 2. The number of carboxylic acid groups (broad SMARTS) is 1. The van der Waals surface area contributed by atoms with Crippen LogP contribution in [0, 0.1) is 11.8 Å². The summed E-state index contributed by atoms with van der Waals surface area (Å²) in [5, 5.41) is 8.90. The highest BCUT2D eigenvalue weighted by Gasteiger charge is 2.34. The lowest BCUT2D eigenvalue weighted by Gasteiger charge is -2.40. The van der Waals surface area contributed by atoms with Gasteiger partial charge in [-0.3, -0.25) is 14.4 Å². The molecular weight excluding hydrogens is 308 g/mol. The summed E-state index contributed by atoms with van der Waals surface area (Å²) in [5.74, 6) is -0.486. The van der Waals surface area contributed by atoms with Crippen molar-refractivity contribution in [2.24, 2.45) is 11.8 Å². The van der Waals surface area contributed by atoms with Gasteiger partial charge < -0.3 is 14.9 Å². The van der Waals surface area contributed by atoms with Gasteiger partial charge in [-0.1, -0.05) is 13.8 Å². The van der Waals surface area contributed by atoms with Crippen LogP contribution in [0.2, 0.25) is 0 Å². The first kappa shape index (κ1) is 18.7. The number of likely N-dealkylation sites (tertiary alicyclic amines) is 2. The fourth-order valence-electron chi connectivity index (χ4n) is 3.83. The monoisotopic (exact) mass is 338 g/mol. The Balaban J connectivity index is 1.90. The minimum absolute atomic E-state index is 0.000236. The molecule has 2 heterocycles. The Morgan fingerprint density at radius 1 is 1.04 bits per heavy atom. The van der Waals surface area contributed by atoms with Crippen molar-refractivity contribution in [2.45, 2.75) is 64.8 Å². The lowest BCUT2D eigenvalue weighted by Crippen LogP contribution is -2.50. The number of hydrogen-bond donors (Lipinski definition) is 1. The van der Waals surface area contributed by atoms with E-state index in [0.717, 1.165) is 38.6 Å². The van der Waals surface area contributed by atoms with Gasteiger partial charge >= 0.3 is 5.97 Å². The number of carboxylic acids is 1. The first-order valence-electron chi connectivity index (χ1n) is 9.21. The third kappa shape index (κ3) is 4.71. The summed E-state index contributed by atoms with van der Waals surface area (Å²) in [7, 11) is 0. The molecule has 136 valence electrons. The number of carbonyl (C=O) groups is 3. The molecule has 1 unspecified atom stereocenters. The van der Waals surface area contributed by atoms with Crippen molar-refractivity contribution in [1.82, 2.24) is 9.80 Å². The van der Waals surface area contributed by atoms with Crippen molar-refractivity contribution < 1.29 is 19.5 Å². The summed E-state index contributed by atoms with van der Waals surface area (Å²) in [6.07, 6.45) is 5.08. The zero-order chi connectivity index (χ0) is 17.7. The maximum atomic E-state index is 12.9. The van der Waals surface area contributed by atoms with E-state index in [1.165, 1.54) is 0 Å². The lowest BCUT2D eigenvalue weighted by atomic mass is 9.91. The number of rotatable bonds is 5. The molecule has 0 radical (unpaired) electrons. The molecule has 2 amide bonds. The van der Waals surface area contributed by atoms with Gasteiger partial charge in [-0.05, 0) is 38.5 Å². The van der Waals surface area contributed by atoms with Crippen LogP contribution in [-0.2, 0) is 14.4 Å². The van der Waals surface area contributed by atoms with Crippen molar-refractivity contribution in [3.05, 3.63) is 0 Å². The maximum Gasteiger partial charge on any atom is 0.303 e. The van der Waals surface area contributed by atoms with Gasteiger partial charge in [0.1, 0.15) is 0 Å². The van der Waals surface area contributed by atoms with Gasteiger partial charge in [0, 0.05) is 43.9 Å². The van der Waals surface area contributed by atoms with Crippen LogP contribution in [0.4, 0.5) is 0 Å². The van der Waals surface area contributed by atoms with Gasteiger partial charge in [-0.25, -0.2) is 0 Å². The molecule has 0 aromatic rings. The normalized spacial score (nSPS) is 22.7. The number of carbonyl (C=O) groups excluding carboxylic acids is 2. The summed E-state index contributed by atoms with van der Waals surface area (Å²) in [4.78, 5) is 39.6. The quantitative estimate of drug-likeness (QED) is 0.833. The van der Waals surface area contributed by atoms with Crippen LogP contribution in [0.3, 0.4) is 0 Å². The van der Waals surface area contributed by atoms with Gasteiger partial charge in [0.05, 0.1) is 0 Å². The van der Waals surface area contributed by atoms with Gasteiger partial charge in [0.2, 0.25) is 11.8 Å². The molecule has 2 fully saturated rings. The molecule has 0 saturated carbocycles. The molecule has 2 saturated heterocycles. The summed E-state index contributed by atoms with van der Waals surface area (Å²) >= 11 is 0. The van der Waals surface area contributed by atoms with E-state index in [2.05, 4.69) is 0 Å². The molecule has 24 heavy (non-hydrogen) atoms. The highest BCUT2D eigenvalue weighted by atomic mass is 16.4. The average molecular weight is 338 g/mol. The predicted molar refractivity (Wildman–Crippen MR) is 90.4 cm³/mol. The first-order chi connectivity index (χ1) is 11.4. The number of nitrogens with zero attached hydrogens (tertiary/aromatic N) is 2. The van der Waals surface area contributed by atoms with Crippen molar-refractivity contribution in [3.63, 3.8) is 0 Å². The minimum Gasteiger partial charge on any atom is -0.481 e. The van der Waals surface area contributed by atoms with Crippen LogP contribution >= 0.6 is 0 Å². The topological polar surface area (TPSA) is 77.9 Å². The van der Waals surface area contributed by atoms with Gasteiger partial charge in [0.25, 0.3) is 0 Å². The van der Waals surface area contributed by atoms with Crippen molar-refractivity contribution in [3.8, 4) is 0 Å².